The lowest BCUT2D eigenvalue weighted by atomic mass is 9.93. The number of anilines is 1. The highest BCUT2D eigenvalue weighted by atomic mass is 32.1. The van der Waals surface area contributed by atoms with Crippen LogP contribution in [-0.2, 0) is 27.6 Å². The molecule has 0 saturated carbocycles. The number of rotatable bonds is 19. The van der Waals surface area contributed by atoms with Crippen molar-refractivity contribution in [2.45, 2.75) is 120 Å². The van der Waals surface area contributed by atoms with Crippen molar-refractivity contribution in [3.63, 3.8) is 0 Å². The molecule has 296 valence electrons. The zero-order valence-electron chi connectivity index (χ0n) is 34.0. The van der Waals surface area contributed by atoms with Gasteiger partial charge in [-0.3, -0.25) is 14.4 Å². The Kier molecular flexibility index (Phi) is 16.5. The number of amides is 3. The number of carbonyl (C=O) groups is 3. The number of thiazole rings is 1. The van der Waals surface area contributed by atoms with Gasteiger partial charge in [-0.1, -0.05) is 104 Å². The lowest BCUT2D eigenvalue weighted by Crippen LogP contribution is -2.56. The van der Waals surface area contributed by atoms with E-state index in [1.54, 1.807) is 45.9 Å². The fourth-order valence-corrected chi connectivity index (χ4v) is 7.89. The van der Waals surface area contributed by atoms with E-state index in [-0.39, 0.29) is 29.9 Å². The molecule has 0 saturated heterocycles. The van der Waals surface area contributed by atoms with Crippen LogP contribution in [-0.4, -0.2) is 70.2 Å². The second-order valence-corrected chi connectivity index (χ2v) is 16.3. The number of hydrazine groups is 1. The van der Waals surface area contributed by atoms with Crippen LogP contribution in [0.25, 0.3) is 17.3 Å². The highest BCUT2D eigenvalue weighted by molar-refractivity contribution is 7.17. The van der Waals surface area contributed by atoms with Crippen molar-refractivity contribution in [2.24, 2.45) is 17.3 Å². The van der Waals surface area contributed by atoms with Crippen molar-refractivity contribution in [1.82, 2.24) is 15.0 Å². The number of carbonyl (C=O) groups excluding carboxylic acids is 3. The summed E-state index contributed by atoms with van der Waals surface area (Å²) in [6.45, 7) is 16.5. The molecule has 11 nitrogen and oxygen atoms in total. The molecule has 2 aromatic rings. The summed E-state index contributed by atoms with van der Waals surface area (Å²) in [6, 6.07) is 5.38. The number of unbranched alkanes of at least 4 members (excludes halogenated alkanes) is 2. The number of aromatic nitrogens is 1. The number of aliphatic hydroxyl groups excluding tert-OH is 2. The number of aliphatic hydroxyl groups is 2. The normalized spacial score (nSPS) is 15.5. The van der Waals surface area contributed by atoms with Crippen molar-refractivity contribution < 1.29 is 29.3 Å². The van der Waals surface area contributed by atoms with Gasteiger partial charge >= 0.3 is 0 Å². The molecule has 2 atom stereocenters. The monoisotopic (exact) mass is 763 g/mol. The minimum absolute atomic E-state index is 0.0722. The molecular formula is C42H61N5O6S. The van der Waals surface area contributed by atoms with Crippen molar-refractivity contribution in [2.75, 3.05) is 32.1 Å². The first-order valence-electron chi connectivity index (χ1n) is 19.3. The Hall–Kier alpha value is -4.05. The van der Waals surface area contributed by atoms with Crippen LogP contribution in [0.4, 0.5) is 5.13 Å². The molecule has 1 aromatic carbocycles. The third-order valence-electron chi connectivity index (χ3n) is 10.2. The number of nitriles is 1. The molecule has 3 amide bonds. The van der Waals surface area contributed by atoms with Gasteiger partial charge in [0.15, 0.2) is 5.13 Å². The molecule has 2 heterocycles. The SMILES string of the molecule is CCCCC(CC)CN(CC(CC)CCCC)c1nc(-c2c(CO)cc(CO)cc2OC)c(/C=C2\C(=O)N(N(C)C(=O)C(C)(C)C)C(=O)C(C#N)=C2C)s1. The first-order chi connectivity index (χ1) is 25.6. The summed E-state index contributed by atoms with van der Waals surface area (Å²) >= 11 is 1.40. The molecule has 0 radical (unpaired) electrons. The maximum Gasteiger partial charge on any atom is 0.290 e. The van der Waals surface area contributed by atoms with Crippen LogP contribution >= 0.6 is 11.3 Å². The summed E-state index contributed by atoms with van der Waals surface area (Å²) in [4.78, 5) is 49.5. The predicted octanol–water partition coefficient (Wildman–Crippen LogP) is 8.05. The zero-order chi connectivity index (χ0) is 40.3. The van der Waals surface area contributed by atoms with E-state index < -0.39 is 23.1 Å². The van der Waals surface area contributed by atoms with E-state index in [0.717, 1.165) is 79.6 Å². The van der Waals surface area contributed by atoms with Crippen LogP contribution in [0.1, 0.15) is 123 Å². The largest absolute Gasteiger partial charge is 0.496 e. The van der Waals surface area contributed by atoms with Crippen LogP contribution in [0, 0.1) is 28.6 Å². The number of benzene rings is 1. The second kappa shape index (κ2) is 20.0. The van der Waals surface area contributed by atoms with Crippen LogP contribution in [0.15, 0.2) is 28.9 Å². The molecule has 0 bridgehead atoms. The molecule has 1 aliphatic rings. The summed E-state index contributed by atoms with van der Waals surface area (Å²) in [5, 5.41) is 33.3. The van der Waals surface area contributed by atoms with Gasteiger partial charge in [0.1, 0.15) is 17.4 Å². The molecule has 3 rings (SSSR count). The molecular weight excluding hydrogens is 703 g/mol. The van der Waals surface area contributed by atoms with Gasteiger partial charge in [-0.15, -0.1) is 0 Å². The molecule has 0 spiro atoms. The summed E-state index contributed by atoms with van der Waals surface area (Å²) in [7, 11) is 2.87. The third-order valence-corrected chi connectivity index (χ3v) is 11.3. The Balaban J connectivity index is 2.42. The van der Waals surface area contributed by atoms with Crippen LogP contribution in [0.2, 0.25) is 0 Å². The van der Waals surface area contributed by atoms with Crippen molar-refractivity contribution >= 4 is 40.3 Å². The Labute approximate surface area is 326 Å². The molecule has 2 unspecified atom stereocenters. The van der Waals surface area contributed by atoms with Crippen molar-refractivity contribution in [1.29, 1.82) is 5.26 Å². The van der Waals surface area contributed by atoms with Gasteiger partial charge in [0.2, 0.25) is 5.91 Å². The fourth-order valence-electron chi connectivity index (χ4n) is 6.85. The summed E-state index contributed by atoms with van der Waals surface area (Å²) in [5.41, 5.74) is 1.13. The summed E-state index contributed by atoms with van der Waals surface area (Å²) in [5.74, 6) is -0.811. The molecule has 1 aliphatic heterocycles. The Morgan fingerprint density at radius 2 is 1.61 bits per heavy atom. The van der Waals surface area contributed by atoms with E-state index >= 15 is 0 Å². The number of nitrogens with zero attached hydrogens (tertiary/aromatic N) is 5. The van der Waals surface area contributed by atoms with Crippen LogP contribution < -0.4 is 9.64 Å². The van der Waals surface area contributed by atoms with Crippen molar-refractivity contribution in [3.8, 4) is 23.1 Å². The third kappa shape index (κ3) is 10.2. The van der Waals surface area contributed by atoms with E-state index in [0.29, 0.717) is 44.8 Å². The number of hydrogen-bond acceptors (Lipinski definition) is 10. The van der Waals surface area contributed by atoms with E-state index in [1.807, 2.05) is 6.07 Å². The quantitative estimate of drug-likeness (QED) is 0.107. The Morgan fingerprint density at radius 1 is 1.02 bits per heavy atom. The highest BCUT2D eigenvalue weighted by Gasteiger charge is 2.42. The maximum absolute atomic E-state index is 14.4. The van der Waals surface area contributed by atoms with E-state index in [2.05, 4.69) is 32.6 Å². The summed E-state index contributed by atoms with van der Waals surface area (Å²) < 4.78 is 5.84. The Morgan fingerprint density at radius 3 is 2.07 bits per heavy atom. The number of methoxy groups -OCH3 is 1. The maximum atomic E-state index is 14.4. The minimum Gasteiger partial charge on any atom is -0.496 e. The minimum atomic E-state index is -0.912. The topological polar surface area (TPSA) is 147 Å². The van der Waals surface area contributed by atoms with Crippen LogP contribution in [0.5, 0.6) is 5.75 Å². The highest BCUT2D eigenvalue weighted by Crippen LogP contribution is 2.43. The number of imide groups is 1. The average molecular weight is 764 g/mol. The van der Waals surface area contributed by atoms with Crippen molar-refractivity contribution in [3.05, 3.63) is 44.9 Å². The fraction of sp³-hybridized carbons (Fsp3) is 0.595. The predicted molar refractivity (Wildman–Crippen MR) is 215 cm³/mol. The molecule has 2 N–H and O–H groups in total. The number of ether oxygens (including phenoxy) is 1. The number of hydrogen-bond donors (Lipinski definition) is 2. The molecule has 0 aliphatic carbocycles. The molecule has 0 fully saturated rings. The van der Waals surface area contributed by atoms with Gasteiger partial charge < -0.3 is 19.8 Å². The lowest BCUT2D eigenvalue weighted by Gasteiger charge is -2.36. The zero-order valence-corrected chi connectivity index (χ0v) is 34.9. The van der Waals surface area contributed by atoms with E-state index in [9.17, 15) is 29.9 Å². The van der Waals surface area contributed by atoms with E-state index in [1.165, 1.54) is 25.5 Å². The van der Waals surface area contributed by atoms with Crippen LogP contribution in [0.3, 0.4) is 0 Å². The molecule has 12 heteroatoms. The van der Waals surface area contributed by atoms with Gasteiger partial charge in [-0.2, -0.15) is 10.3 Å². The molecule has 54 heavy (non-hydrogen) atoms. The average Bonchev–Trinajstić information content (AvgIpc) is 3.57. The lowest BCUT2D eigenvalue weighted by molar-refractivity contribution is -0.171. The van der Waals surface area contributed by atoms with E-state index in [4.69, 9.17) is 9.72 Å². The smallest absolute Gasteiger partial charge is 0.290 e. The second-order valence-electron chi connectivity index (χ2n) is 15.3. The summed E-state index contributed by atoms with van der Waals surface area (Å²) in [6.07, 6.45) is 10.3. The first-order valence-corrected chi connectivity index (χ1v) is 20.1. The first kappa shape index (κ1) is 44.3. The van der Waals surface area contributed by atoms with Gasteiger partial charge in [0.25, 0.3) is 11.8 Å². The Bertz CT molecular complexity index is 1710. The van der Waals surface area contributed by atoms with Gasteiger partial charge in [0, 0.05) is 36.7 Å². The standard InChI is InChI=1S/C42H61N5O6S/c1-11-15-17-28(13-3)23-46(24-29(14-4)18-16-12-2)41-44-37(36-31(26-49)19-30(25-48)20-34(36)53-10)35(54-41)21-32-27(5)33(22-43)39(51)47(38(32)50)45(9)40(52)42(6,7)8/h19-21,28-29,48-49H,11-18,23-26H2,1-10H3/b32-21-. The van der Waals surface area contributed by atoms with Gasteiger partial charge in [-0.05, 0) is 60.4 Å². The molecule has 1 aromatic heterocycles. The van der Waals surface area contributed by atoms with Gasteiger partial charge in [-0.25, -0.2) is 9.99 Å². The van der Waals surface area contributed by atoms with Gasteiger partial charge in [0.05, 0.1) is 30.9 Å².